The molecule has 232 valence electrons. The van der Waals surface area contributed by atoms with Gasteiger partial charge in [-0.25, -0.2) is 4.68 Å². The number of aliphatic hydroxyl groups is 1. The van der Waals surface area contributed by atoms with Crippen LogP contribution in [0.5, 0.6) is 11.5 Å². The molecule has 4 heterocycles. The Morgan fingerprint density at radius 2 is 1.93 bits per heavy atom. The third kappa shape index (κ3) is 5.64. The number of fused-ring (bicyclic) bond motifs is 5. The Bertz CT molecular complexity index is 1840. The molecule has 3 aromatic carbocycles. The van der Waals surface area contributed by atoms with Crippen molar-refractivity contribution in [3.63, 3.8) is 0 Å². The minimum absolute atomic E-state index is 0.0510. The zero-order valence-electron chi connectivity index (χ0n) is 25.2. The first-order valence-electron chi connectivity index (χ1n) is 14.8. The molecule has 4 atom stereocenters. The molecule has 2 unspecified atom stereocenters. The van der Waals surface area contributed by atoms with Crippen LogP contribution in [0.15, 0.2) is 48.5 Å². The van der Waals surface area contributed by atoms with Gasteiger partial charge in [0.15, 0.2) is 0 Å². The quantitative estimate of drug-likeness (QED) is 0.329. The highest BCUT2D eigenvalue weighted by molar-refractivity contribution is 7.84. The van der Waals surface area contributed by atoms with Crippen LogP contribution in [-0.4, -0.2) is 58.1 Å². The molecule has 0 amide bonds. The molecule has 0 radical (unpaired) electrons. The van der Waals surface area contributed by atoms with Crippen molar-refractivity contribution < 1.29 is 32.0 Å². The number of carbonyl (C=O) groups is 1. The molecule has 4 aromatic rings. The summed E-state index contributed by atoms with van der Waals surface area (Å²) in [5.74, 6) is 0.0392. The van der Waals surface area contributed by atoms with Crippen molar-refractivity contribution in [2.24, 2.45) is 0 Å². The second kappa shape index (κ2) is 11.8. The van der Waals surface area contributed by atoms with E-state index in [9.17, 15) is 18.3 Å². The molecule has 1 N–H and O–H groups in total. The summed E-state index contributed by atoms with van der Waals surface area (Å²) in [5, 5.41) is 19.5. The van der Waals surface area contributed by atoms with Crippen LogP contribution in [0, 0.1) is 13.8 Å². The summed E-state index contributed by atoms with van der Waals surface area (Å²) in [4.78, 5) is 12.9. The molecule has 0 aliphatic carbocycles. The first-order valence-corrected chi connectivity index (χ1v) is 16.2. The number of nitrogens with zero attached hydrogens (tertiary/aromatic N) is 4. The van der Waals surface area contributed by atoms with Gasteiger partial charge >= 0.3 is 16.3 Å². The molecule has 0 saturated carbocycles. The number of aromatic nitrogens is 3. The number of esters is 1. The van der Waals surface area contributed by atoms with E-state index in [0.717, 1.165) is 33.3 Å². The summed E-state index contributed by atoms with van der Waals surface area (Å²) >= 11 is 0. The minimum atomic E-state index is -4.11. The highest BCUT2D eigenvalue weighted by atomic mass is 32.2. The molecule has 3 aliphatic heterocycles. The molecule has 11 nitrogen and oxygen atoms in total. The van der Waals surface area contributed by atoms with Gasteiger partial charge in [0.1, 0.15) is 23.6 Å². The van der Waals surface area contributed by atoms with Gasteiger partial charge in [-0.2, -0.15) is 12.7 Å². The van der Waals surface area contributed by atoms with Crippen LogP contribution in [0.25, 0.3) is 11.0 Å². The summed E-state index contributed by atoms with van der Waals surface area (Å²) in [6.07, 6.45) is -0.293. The number of carbonyl (C=O) groups excluding carboxylic acids is 1. The maximum absolute atomic E-state index is 13.4. The average Bonchev–Trinajstić information content (AvgIpc) is 3.41. The second-order valence-electron chi connectivity index (χ2n) is 11.4. The van der Waals surface area contributed by atoms with E-state index in [1.807, 2.05) is 51.1 Å². The Hall–Kier alpha value is -4.00. The molecular formula is C32H36N4O7S. The molecule has 9 bridgehead atoms. The SMILES string of the molecule is CCOC(=O)CC1c2ccc(C)c(c2)[C@@H](C)N2Cc3cc(ccc3OS2(=O)=O)OC[C@@H](O)CCn2nnc3c(C)c1ccc32. The number of ether oxygens (including phenoxy) is 2. The molecule has 3 aliphatic rings. The molecule has 1 aromatic heterocycles. The highest BCUT2D eigenvalue weighted by Gasteiger charge is 2.37. The Balaban J connectivity index is 1.51. The molecule has 0 fully saturated rings. The average molecular weight is 621 g/mol. The van der Waals surface area contributed by atoms with Gasteiger partial charge in [0.05, 0.1) is 30.7 Å². The van der Waals surface area contributed by atoms with Crippen LogP contribution in [-0.2, 0) is 32.9 Å². The Morgan fingerprint density at radius 1 is 1.11 bits per heavy atom. The first-order chi connectivity index (χ1) is 21.1. The lowest BCUT2D eigenvalue weighted by Gasteiger charge is -2.33. The van der Waals surface area contributed by atoms with Crippen molar-refractivity contribution in [2.75, 3.05) is 13.2 Å². The van der Waals surface area contributed by atoms with Crippen LogP contribution < -0.4 is 8.92 Å². The highest BCUT2D eigenvalue weighted by Crippen LogP contribution is 2.40. The largest absolute Gasteiger partial charge is 0.491 e. The topological polar surface area (TPSA) is 133 Å². The number of benzene rings is 3. The fourth-order valence-corrected chi connectivity index (χ4v) is 7.42. The number of rotatable bonds is 3. The van der Waals surface area contributed by atoms with Crippen LogP contribution >= 0.6 is 0 Å². The first kappa shape index (κ1) is 30.0. The zero-order chi connectivity index (χ0) is 31.2. The monoisotopic (exact) mass is 620 g/mol. The summed E-state index contributed by atoms with van der Waals surface area (Å²) in [6.45, 7) is 8.33. The Morgan fingerprint density at radius 3 is 2.73 bits per heavy atom. The van der Waals surface area contributed by atoms with Gasteiger partial charge in [0.25, 0.3) is 0 Å². The molecule has 0 spiro atoms. The normalized spacial score (nSPS) is 22.8. The second-order valence-corrected chi connectivity index (χ2v) is 12.9. The number of hydrogen-bond acceptors (Lipinski definition) is 9. The van der Waals surface area contributed by atoms with Crippen LogP contribution in [0.4, 0.5) is 0 Å². The molecular weight excluding hydrogens is 584 g/mol. The summed E-state index contributed by atoms with van der Waals surface area (Å²) in [7, 11) is -4.11. The maximum Gasteiger partial charge on any atom is 0.386 e. The Kier molecular flexibility index (Phi) is 8.08. The number of hydrogen-bond donors (Lipinski definition) is 1. The lowest BCUT2D eigenvalue weighted by atomic mass is 9.83. The van der Waals surface area contributed by atoms with Gasteiger partial charge in [0, 0.05) is 24.6 Å². The van der Waals surface area contributed by atoms with Gasteiger partial charge in [-0.15, -0.1) is 5.10 Å². The van der Waals surface area contributed by atoms with Crippen LogP contribution in [0.3, 0.4) is 0 Å². The van der Waals surface area contributed by atoms with E-state index in [-0.39, 0.29) is 43.8 Å². The van der Waals surface area contributed by atoms with E-state index >= 15 is 0 Å². The predicted octanol–water partition coefficient (Wildman–Crippen LogP) is 4.48. The fraction of sp³-hybridized carbons (Fsp3) is 0.406. The predicted molar refractivity (Wildman–Crippen MR) is 163 cm³/mol. The minimum Gasteiger partial charge on any atom is -0.491 e. The molecule has 0 saturated heterocycles. The molecule has 7 rings (SSSR count). The Labute approximate surface area is 256 Å². The van der Waals surface area contributed by atoms with E-state index in [0.29, 0.717) is 29.8 Å². The summed E-state index contributed by atoms with van der Waals surface area (Å²) in [6, 6.07) is 14.2. The van der Waals surface area contributed by atoms with E-state index in [4.69, 9.17) is 13.7 Å². The lowest BCUT2D eigenvalue weighted by Crippen LogP contribution is -2.39. The third-order valence-electron chi connectivity index (χ3n) is 8.58. The van der Waals surface area contributed by atoms with Crippen molar-refractivity contribution in [3.05, 3.63) is 81.9 Å². The van der Waals surface area contributed by atoms with Gasteiger partial charge in [-0.05, 0) is 86.2 Å². The lowest BCUT2D eigenvalue weighted by molar-refractivity contribution is -0.143. The zero-order valence-corrected chi connectivity index (χ0v) is 26.0. The summed E-state index contributed by atoms with van der Waals surface area (Å²) in [5.41, 5.74) is 6.52. The van der Waals surface area contributed by atoms with Crippen LogP contribution in [0.2, 0.25) is 0 Å². The smallest absolute Gasteiger partial charge is 0.386 e. The number of aliphatic hydroxyl groups excluding tert-OH is 1. The van der Waals surface area contributed by atoms with Gasteiger partial charge in [-0.3, -0.25) is 4.79 Å². The van der Waals surface area contributed by atoms with Crippen molar-refractivity contribution in [2.45, 2.75) is 71.7 Å². The van der Waals surface area contributed by atoms with E-state index in [1.54, 1.807) is 29.8 Å². The maximum atomic E-state index is 13.4. The molecule has 44 heavy (non-hydrogen) atoms. The van der Waals surface area contributed by atoms with Crippen molar-refractivity contribution in [1.29, 1.82) is 0 Å². The third-order valence-corrected chi connectivity index (χ3v) is 9.99. The summed E-state index contributed by atoms with van der Waals surface area (Å²) < 4.78 is 46.6. The van der Waals surface area contributed by atoms with Gasteiger partial charge in [-0.1, -0.05) is 29.5 Å². The number of aryl methyl sites for hydroxylation is 3. The van der Waals surface area contributed by atoms with E-state index < -0.39 is 22.4 Å². The van der Waals surface area contributed by atoms with Crippen molar-refractivity contribution in [1.82, 2.24) is 19.3 Å². The van der Waals surface area contributed by atoms with Gasteiger partial charge in [0.2, 0.25) is 0 Å². The molecule has 12 heteroatoms. The van der Waals surface area contributed by atoms with E-state index in [1.165, 1.54) is 4.31 Å². The van der Waals surface area contributed by atoms with Crippen LogP contribution in [0.1, 0.15) is 72.0 Å². The van der Waals surface area contributed by atoms with E-state index in [2.05, 4.69) is 10.3 Å². The van der Waals surface area contributed by atoms with Crippen molar-refractivity contribution in [3.8, 4) is 11.5 Å². The van der Waals surface area contributed by atoms with Crippen molar-refractivity contribution >= 4 is 27.3 Å². The standard InChI is InChI=1S/C32H36N4O7S/c1-5-41-31(38)16-28-22-7-6-19(2)27(15-22)21(4)36-17-23-14-25(8-11-30(23)43-44(36,39)40)42-18-24(37)12-13-35-29-10-9-26(28)20(3)32(29)33-34-35/h6-11,14-15,21,24,28,37H,5,12-13,16-18H2,1-4H3/t21-,24+,28?/m1/s1. The van der Waals surface area contributed by atoms with Gasteiger partial charge < -0.3 is 18.8 Å². The fourth-order valence-electron chi connectivity index (χ4n) is 6.14.